The van der Waals surface area contributed by atoms with Crippen LogP contribution in [0.15, 0.2) is 88.2 Å². The minimum atomic E-state index is -0.704. The van der Waals surface area contributed by atoms with Crippen molar-refractivity contribution >= 4 is 28.2 Å². The molecule has 1 aromatic carbocycles. The monoisotopic (exact) mass is 437 g/mol. The quantitative estimate of drug-likeness (QED) is 0.467. The maximum atomic E-state index is 11.7. The molecule has 0 atom stereocenters. The number of amides is 1. The topological polar surface area (TPSA) is 121 Å². The fourth-order valence-corrected chi connectivity index (χ4v) is 3.39. The van der Waals surface area contributed by atoms with Gasteiger partial charge in [0.2, 0.25) is 5.71 Å². The van der Waals surface area contributed by atoms with Crippen LogP contribution in [0.2, 0.25) is 0 Å². The summed E-state index contributed by atoms with van der Waals surface area (Å²) in [5.74, 6) is 0.772. The highest BCUT2D eigenvalue weighted by molar-refractivity contribution is 5.90. The van der Waals surface area contributed by atoms with Gasteiger partial charge < -0.3 is 14.6 Å². The van der Waals surface area contributed by atoms with Crippen LogP contribution >= 0.6 is 0 Å². The molecule has 0 fully saturated rings. The number of nitrogens with zero attached hydrogens (tertiary/aromatic N) is 4. The molecule has 1 aliphatic carbocycles. The van der Waals surface area contributed by atoms with Crippen LogP contribution in [0.25, 0.3) is 33.6 Å². The van der Waals surface area contributed by atoms with Crippen molar-refractivity contribution in [2.24, 2.45) is 5.73 Å². The van der Waals surface area contributed by atoms with E-state index in [1.54, 1.807) is 6.07 Å². The number of primary amides is 1. The molecule has 2 aliphatic heterocycles. The smallest absolute Gasteiger partial charge is 0.267 e. The summed E-state index contributed by atoms with van der Waals surface area (Å²) in [4.78, 5) is 29.3. The SMILES string of the molecule is NC(=O)c1ccoc2nc3ccccc3nc2cccccc2c3c-2oc(nccn1)CC3. The molecule has 162 valence electrons. The molecule has 0 radical (unpaired) electrons. The summed E-state index contributed by atoms with van der Waals surface area (Å²) in [6, 6.07) is 18.4. The standard InChI is InChI=1S/C25H19N5O3/c26-24(31)20-12-15-32-25-21(29-18-7-4-5-8-19(18)30-25)9-3-1-2-6-16-17-10-11-22(33-23(16)17)28-14-13-27-20/h1-9,12-15H,10-11H2,(H2,26,31). The molecule has 8 nitrogen and oxygen atoms in total. The zero-order valence-corrected chi connectivity index (χ0v) is 17.5. The maximum Gasteiger partial charge on any atom is 0.267 e. The zero-order valence-electron chi connectivity index (χ0n) is 17.5. The first-order valence-electron chi connectivity index (χ1n) is 10.3. The lowest BCUT2D eigenvalue weighted by Crippen LogP contribution is -2.11. The number of hydrogen-bond donors (Lipinski definition) is 1. The largest absolute Gasteiger partial charge is 0.445 e. The van der Waals surface area contributed by atoms with Gasteiger partial charge in [-0.1, -0.05) is 36.4 Å². The molecule has 0 saturated carbocycles. The molecule has 0 saturated heterocycles. The van der Waals surface area contributed by atoms with E-state index in [1.807, 2.05) is 48.5 Å². The molecule has 3 heterocycles. The Morgan fingerprint density at radius 1 is 0.818 bits per heavy atom. The van der Waals surface area contributed by atoms with Gasteiger partial charge in [0.1, 0.15) is 17.0 Å². The molecular weight excluding hydrogens is 418 g/mol. The average Bonchev–Trinajstić information content (AvgIpc) is 3.51. The first-order valence-corrected chi connectivity index (χ1v) is 10.3. The van der Waals surface area contributed by atoms with Crippen LogP contribution in [0.1, 0.15) is 21.9 Å². The Kier molecular flexibility index (Phi) is 5.47. The second-order valence-corrected chi connectivity index (χ2v) is 7.26. The Hall–Kier alpha value is -4.59. The van der Waals surface area contributed by atoms with Crippen LogP contribution < -0.4 is 5.73 Å². The highest BCUT2D eigenvalue weighted by atomic mass is 16.4. The highest BCUT2D eigenvalue weighted by Crippen LogP contribution is 2.43. The van der Waals surface area contributed by atoms with Crippen LogP contribution in [-0.2, 0) is 12.8 Å². The number of fused-ring (bicyclic) bond motifs is 4. The first kappa shape index (κ1) is 20.3. The Balaban J connectivity index is 1.72. The number of nitrogens with two attached hydrogens (primary N) is 1. The van der Waals surface area contributed by atoms with Crippen molar-refractivity contribution in [2.75, 3.05) is 0 Å². The van der Waals surface area contributed by atoms with Gasteiger partial charge in [-0.15, -0.1) is 0 Å². The molecule has 0 unspecified atom stereocenters. The van der Waals surface area contributed by atoms with Crippen molar-refractivity contribution in [3.8, 4) is 11.3 Å². The van der Waals surface area contributed by atoms with E-state index in [2.05, 4.69) is 19.9 Å². The fourth-order valence-electron chi connectivity index (χ4n) is 3.39. The molecular formula is C25H19N5O3. The van der Waals surface area contributed by atoms with Crippen LogP contribution in [0.3, 0.4) is 0 Å². The molecule has 2 N–H and O–H groups in total. The van der Waals surface area contributed by atoms with Gasteiger partial charge in [0.25, 0.3) is 5.91 Å². The van der Waals surface area contributed by atoms with E-state index in [0.29, 0.717) is 23.3 Å². The molecule has 5 rings (SSSR count). The third kappa shape index (κ3) is 4.54. The zero-order chi connectivity index (χ0) is 22.6. The highest BCUT2D eigenvalue weighted by Gasteiger charge is 2.28. The summed E-state index contributed by atoms with van der Waals surface area (Å²) >= 11 is 0. The molecule has 2 bridgehead atoms. The third-order valence-corrected chi connectivity index (χ3v) is 5.05. The summed E-state index contributed by atoms with van der Waals surface area (Å²) in [6.45, 7) is 0. The van der Waals surface area contributed by atoms with Crippen molar-refractivity contribution < 1.29 is 13.6 Å². The van der Waals surface area contributed by atoms with Crippen molar-refractivity contribution in [1.29, 1.82) is 0 Å². The lowest BCUT2D eigenvalue weighted by Gasteiger charge is -1.97. The van der Waals surface area contributed by atoms with Gasteiger partial charge in [-0.2, -0.15) is 0 Å². The van der Waals surface area contributed by atoms with E-state index < -0.39 is 5.91 Å². The van der Waals surface area contributed by atoms with Crippen molar-refractivity contribution in [3.63, 3.8) is 0 Å². The second-order valence-electron chi connectivity index (χ2n) is 7.26. The molecule has 8 heteroatoms. The number of benzene rings is 1. The van der Waals surface area contributed by atoms with E-state index in [1.165, 1.54) is 30.3 Å². The molecule has 1 aromatic heterocycles. The van der Waals surface area contributed by atoms with Gasteiger partial charge in [-0.3, -0.25) is 4.79 Å². The Bertz CT molecular complexity index is 1520. The first-order chi connectivity index (χ1) is 16.2. The van der Waals surface area contributed by atoms with Crippen LogP contribution in [0, 0.1) is 0 Å². The van der Waals surface area contributed by atoms with E-state index in [4.69, 9.17) is 14.6 Å². The molecule has 33 heavy (non-hydrogen) atoms. The Morgan fingerprint density at radius 3 is 2.39 bits per heavy atom. The second kappa shape index (κ2) is 8.88. The number of para-hydroxylation sites is 2. The van der Waals surface area contributed by atoms with Crippen molar-refractivity contribution in [3.05, 3.63) is 96.5 Å². The predicted octanol–water partition coefficient (Wildman–Crippen LogP) is 4.43. The number of carbonyl (C=O) groups excluding carboxylic acids is 1. The lowest BCUT2D eigenvalue weighted by atomic mass is 10.2. The van der Waals surface area contributed by atoms with Gasteiger partial charge in [0.15, 0.2) is 5.89 Å². The molecule has 2 aromatic rings. The summed E-state index contributed by atoms with van der Waals surface area (Å²) < 4.78 is 11.5. The normalized spacial score (nSPS) is 11.6. The summed E-state index contributed by atoms with van der Waals surface area (Å²) in [7, 11) is 0. The van der Waals surface area contributed by atoms with E-state index in [0.717, 1.165) is 23.3 Å². The van der Waals surface area contributed by atoms with E-state index in [9.17, 15) is 4.79 Å². The number of hydrogen-bond acceptors (Lipinski definition) is 7. The number of rotatable bonds is 1. The van der Waals surface area contributed by atoms with Gasteiger partial charge in [0.05, 0.1) is 17.3 Å². The maximum absolute atomic E-state index is 11.7. The predicted molar refractivity (Wildman–Crippen MR) is 123 cm³/mol. The van der Waals surface area contributed by atoms with Crippen molar-refractivity contribution in [1.82, 2.24) is 19.9 Å². The number of aromatic nitrogens is 4. The van der Waals surface area contributed by atoms with Gasteiger partial charge >= 0.3 is 0 Å². The van der Waals surface area contributed by atoms with E-state index >= 15 is 0 Å². The summed E-state index contributed by atoms with van der Waals surface area (Å²) in [5.41, 5.74) is 10.00. The van der Waals surface area contributed by atoms with Gasteiger partial charge in [0, 0.05) is 36.0 Å². The average molecular weight is 437 g/mol. The van der Waals surface area contributed by atoms with E-state index in [-0.39, 0.29) is 11.4 Å². The Labute approximate surface area is 188 Å². The number of carbonyl (C=O) groups is 1. The van der Waals surface area contributed by atoms with Crippen LogP contribution in [0.4, 0.5) is 0 Å². The molecule has 0 spiro atoms. The minimum Gasteiger partial charge on any atom is -0.445 e. The fraction of sp³-hybridized carbons (Fsp3) is 0.0800. The van der Waals surface area contributed by atoms with Crippen LogP contribution in [0.5, 0.6) is 0 Å². The molecule has 3 aliphatic rings. The Morgan fingerprint density at radius 2 is 1.55 bits per heavy atom. The minimum absolute atomic E-state index is 0.000102. The van der Waals surface area contributed by atoms with Crippen LogP contribution in [-0.4, -0.2) is 25.8 Å². The third-order valence-electron chi connectivity index (χ3n) is 5.05. The number of aryl methyl sites for hydroxylation is 2. The summed E-state index contributed by atoms with van der Waals surface area (Å²) in [6.07, 6.45) is 5.74. The van der Waals surface area contributed by atoms with Gasteiger partial charge in [-0.25, -0.2) is 19.9 Å². The molecule has 1 amide bonds. The summed E-state index contributed by atoms with van der Waals surface area (Å²) in [5, 5.41) is 0. The van der Waals surface area contributed by atoms with Crippen molar-refractivity contribution in [2.45, 2.75) is 12.8 Å². The van der Waals surface area contributed by atoms with Gasteiger partial charge in [-0.05, 0) is 24.6 Å². The lowest BCUT2D eigenvalue weighted by molar-refractivity contribution is 0.0995.